The van der Waals surface area contributed by atoms with Gasteiger partial charge in [-0.25, -0.2) is 0 Å². The van der Waals surface area contributed by atoms with Crippen molar-refractivity contribution in [1.29, 1.82) is 0 Å². The van der Waals surface area contributed by atoms with E-state index in [9.17, 15) is 9.59 Å². The summed E-state index contributed by atoms with van der Waals surface area (Å²) in [6.07, 6.45) is 11.0. The molecule has 0 N–H and O–H groups in total. The minimum Gasteiger partial charge on any atom is -0.279 e. The fraction of sp³-hybridized carbons (Fsp3) is 0.733. The van der Waals surface area contributed by atoms with Crippen LogP contribution in [-0.2, 0) is 9.59 Å². The molecule has 0 aromatic rings. The molecule has 3 fully saturated rings. The summed E-state index contributed by atoms with van der Waals surface area (Å²) in [5.74, 6) is 0.987. The molecule has 2 saturated carbocycles. The zero-order valence-corrected chi connectivity index (χ0v) is 10.5. The van der Waals surface area contributed by atoms with Crippen LogP contribution in [0.3, 0.4) is 0 Å². The first-order valence-electron chi connectivity index (χ1n) is 7.32. The largest absolute Gasteiger partial charge is 0.279 e. The van der Waals surface area contributed by atoms with Gasteiger partial charge in [0.25, 0.3) is 0 Å². The van der Waals surface area contributed by atoms with Crippen molar-refractivity contribution in [2.75, 3.05) is 0 Å². The molecule has 18 heavy (non-hydrogen) atoms. The van der Waals surface area contributed by atoms with Crippen molar-refractivity contribution in [3.05, 3.63) is 12.2 Å². The Morgan fingerprint density at radius 3 is 2.00 bits per heavy atom. The first-order chi connectivity index (χ1) is 8.77. The number of likely N-dealkylation sites (tertiary alicyclic amines) is 1. The van der Waals surface area contributed by atoms with E-state index >= 15 is 0 Å². The Labute approximate surface area is 107 Å². The normalized spacial score (nSPS) is 43.0. The second kappa shape index (κ2) is 3.69. The summed E-state index contributed by atoms with van der Waals surface area (Å²) < 4.78 is 0. The zero-order valence-electron chi connectivity index (χ0n) is 10.5. The molecule has 0 spiro atoms. The van der Waals surface area contributed by atoms with Gasteiger partial charge >= 0.3 is 0 Å². The highest BCUT2D eigenvalue weighted by Gasteiger charge is 2.60. The molecule has 3 aliphatic carbocycles. The van der Waals surface area contributed by atoms with E-state index in [-0.39, 0.29) is 29.7 Å². The predicted molar refractivity (Wildman–Crippen MR) is 66.4 cm³/mol. The topological polar surface area (TPSA) is 37.4 Å². The van der Waals surface area contributed by atoms with Gasteiger partial charge in [0.2, 0.25) is 11.8 Å². The molecular weight excluding hydrogens is 226 g/mol. The molecule has 4 atom stereocenters. The van der Waals surface area contributed by atoms with Crippen LogP contribution in [0.5, 0.6) is 0 Å². The summed E-state index contributed by atoms with van der Waals surface area (Å²) in [6, 6.07) is 0.212. The van der Waals surface area contributed by atoms with Crippen LogP contribution in [0, 0.1) is 23.7 Å². The molecule has 0 radical (unpaired) electrons. The van der Waals surface area contributed by atoms with Gasteiger partial charge < -0.3 is 0 Å². The minimum absolute atomic E-state index is 0.00516. The molecule has 1 aliphatic heterocycles. The maximum atomic E-state index is 12.6. The molecular formula is C15H19NO2. The molecule has 1 heterocycles. The fourth-order valence-corrected chi connectivity index (χ4v) is 4.62. The number of nitrogens with zero attached hydrogens (tertiary/aromatic N) is 1. The standard InChI is InChI=1S/C15H19NO2/c17-14-12-9-6-7-10(8-9)13(12)15(18)16(14)11-4-2-1-3-5-11/h6-7,9-13H,1-5,8H2/t9?,10?,12-,13+. The van der Waals surface area contributed by atoms with Crippen LogP contribution in [0.1, 0.15) is 38.5 Å². The van der Waals surface area contributed by atoms with Gasteiger partial charge in [-0.1, -0.05) is 31.4 Å². The summed E-state index contributed by atoms with van der Waals surface area (Å²) in [5.41, 5.74) is 0. The number of amides is 2. The van der Waals surface area contributed by atoms with Gasteiger partial charge in [0.15, 0.2) is 0 Å². The third-order valence-corrected chi connectivity index (χ3v) is 5.44. The van der Waals surface area contributed by atoms with Crippen molar-refractivity contribution >= 4 is 11.8 Å². The van der Waals surface area contributed by atoms with Crippen LogP contribution >= 0.6 is 0 Å². The summed E-state index contributed by atoms with van der Waals surface area (Å²) in [5, 5.41) is 0. The van der Waals surface area contributed by atoms with E-state index in [1.807, 2.05) is 0 Å². The second-order valence-electron chi connectivity index (χ2n) is 6.34. The molecule has 4 rings (SSSR count). The number of fused-ring (bicyclic) bond motifs is 5. The van der Waals surface area contributed by atoms with E-state index in [4.69, 9.17) is 0 Å². The number of imide groups is 1. The molecule has 96 valence electrons. The van der Waals surface area contributed by atoms with Crippen LogP contribution in [0.25, 0.3) is 0 Å². The third kappa shape index (κ3) is 1.25. The number of hydrogen-bond acceptors (Lipinski definition) is 2. The Morgan fingerprint density at radius 2 is 1.44 bits per heavy atom. The van der Waals surface area contributed by atoms with Gasteiger partial charge in [-0.2, -0.15) is 0 Å². The van der Waals surface area contributed by atoms with Crippen LogP contribution in [-0.4, -0.2) is 22.8 Å². The van der Waals surface area contributed by atoms with Crippen molar-refractivity contribution in [3.8, 4) is 0 Å². The average Bonchev–Trinajstić information content (AvgIpc) is 3.05. The first-order valence-corrected chi connectivity index (χ1v) is 7.32. The molecule has 3 heteroatoms. The highest BCUT2D eigenvalue weighted by molar-refractivity contribution is 6.06. The van der Waals surface area contributed by atoms with Crippen LogP contribution in [0.2, 0.25) is 0 Å². The van der Waals surface area contributed by atoms with Crippen molar-refractivity contribution < 1.29 is 9.59 Å². The Hall–Kier alpha value is -1.12. The molecule has 0 aromatic heterocycles. The monoisotopic (exact) mass is 245 g/mol. The van der Waals surface area contributed by atoms with Crippen molar-refractivity contribution in [2.45, 2.75) is 44.6 Å². The van der Waals surface area contributed by atoms with E-state index in [1.54, 1.807) is 4.90 Å². The molecule has 2 amide bonds. The number of carbonyl (C=O) groups is 2. The quantitative estimate of drug-likeness (QED) is 0.524. The molecule has 1 saturated heterocycles. The Balaban J connectivity index is 1.63. The van der Waals surface area contributed by atoms with E-state index in [0.717, 1.165) is 19.3 Å². The number of hydrogen-bond donors (Lipinski definition) is 0. The maximum Gasteiger partial charge on any atom is 0.233 e. The second-order valence-corrected chi connectivity index (χ2v) is 6.34. The number of rotatable bonds is 1. The smallest absolute Gasteiger partial charge is 0.233 e. The summed E-state index contributed by atoms with van der Waals surface area (Å²) in [7, 11) is 0. The first kappa shape index (κ1) is 10.8. The van der Waals surface area contributed by atoms with E-state index in [0.29, 0.717) is 11.8 Å². The minimum atomic E-state index is -0.00516. The molecule has 2 unspecified atom stereocenters. The SMILES string of the molecule is O=C1[C@@H]2C3C=CC(C3)[C@@H]2C(=O)N1C1CCCCC1. The highest BCUT2D eigenvalue weighted by atomic mass is 16.2. The Kier molecular flexibility index (Phi) is 2.21. The van der Waals surface area contributed by atoms with E-state index < -0.39 is 0 Å². The Morgan fingerprint density at radius 1 is 0.889 bits per heavy atom. The van der Waals surface area contributed by atoms with Crippen LogP contribution in [0.15, 0.2) is 12.2 Å². The summed E-state index contributed by atoms with van der Waals surface area (Å²) in [4.78, 5) is 26.8. The van der Waals surface area contributed by atoms with Gasteiger partial charge in [-0.3, -0.25) is 14.5 Å². The van der Waals surface area contributed by atoms with E-state index in [2.05, 4.69) is 12.2 Å². The van der Waals surface area contributed by atoms with Crippen LogP contribution in [0.4, 0.5) is 0 Å². The van der Waals surface area contributed by atoms with Crippen molar-refractivity contribution in [3.63, 3.8) is 0 Å². The summed E-state index contributed by atoms with van der Waals surface area (Å²) in [6.45, 7) is 0. The van der Waals surface area contributed by atoms with Gasteiger partial charge in [-0.15, -0.1) is 0 Å². The highest BCUT2D eigenvalue weighted by Crippen LogP contribution is 2.53. The maximum absolute atomic E-state index is 12.6. The number of carbonyl (C=O) groups excluding carboxylic acids is 2. The van der Waals surface area contributed by atoms with E-state index in [1.165, 1.54) is 19.3 Å². The molecule has 0 aromatic carbocycles. The fourth-order valence-electron chi connectivity index (χ4n) is 4.62. The number of allylic oxidation sites excluding steroid dienone is 2. The lowest BCUT2D eigenvalue weighted by molar-refractivity contribution is -0.144. The van der Waals surface area contributed by atoms with Gasteiger partial charge in [0.1, 0.15) is 0 Å². The molecule has 4 aliphatic rings. The molecule has 3 nitrogen and oxygen atoms in total. The zero-order chi connectivity index (χ0) is 12.3. The lowest BCUT2D eigenvalue weighted by Gasteiger charge is -2.30. The van der Waals surface area contributed by atoms with Gasteiger partial charge in [0.05, 0.1) is 11.8 Å². The lowest BCUT2D eigenvalue weighted by atomic mass is 9.85. The third-order valence-electron chi connectivity index (χ3n) is 5.44. The average molecular weight is 245 g/mol. The van der Waals surface area contributed by atoms with Crippen molar-refractivity contribution in [2.24, 2.45) is 23.7 Å². The Bertz CT molecular complexity index is 406. The lowest BCUT2D eigenvalue weighted by Crippen LogP contribution is -2.42. The molecule has 2 bridgehead atoms. The van der Waals surface area contributed by atoms with Gasteiger partial charge in [-0.05, 0) is 31.1 Å². The summed E-state index contributed by atoms with van der Waals surface area (Å²) >= 11 is 0. The van der Waals surface area contributed by atoms with Gasteiger partial charge in [0, 0.05) is 6.04 Å². The predicted octanol–water partition coefficient (Wildman–Crippen LogP) is 2.13. The van der Waals surface area contributed by atoms with Crippen LogP contribution < -0.4 is 0 Å². The van der Waals surface area contributed by atoms with Crippen molar-refractivity contribution in [1.82, 2.24) is 4.90 Å².